The molecule has 3 aromatic rings. The number of fused-ring (bicyclic) bond motifs is 1. The van der Waals surface area contributed by atoms with Gasteiger partial charge in [0, 0.05) is 30.9 Å². The van der Waals surface area contributed by atoms with Crippen LogP contribution in [0.2, 0.25) is 0 Å². The molecule has 3 aromatic heterocycles. The lowest BCUT2D eigenvalue weighted by atomic mass is 9.93. The smallest absolute Gasteiger partial charge is 0.0706 e. The number of pyridine rings is 1. The molecule has 0 radical (unpaired) electrons. The zero-order chi connectivity index (χ0) is 16.7. The number of nitrogens with one attached hydrogen (secondary N) is 1. The summed E-state index contributed by atoms with van der Waals surface area (Å²) >= 11 is 1.80. The summed E-state index contributed by atoms with van der Waals surface area (Å²) in [6.45, 7) is 4.40. The Morgan fingerprint density at radius 3 is 3.00 bits per heavy atom. The fraction of sp³-hybridized carbons (Fsp3) is 0.450. The van der Waals surface area contributed by atoms with E-state index in [4.69, 9.17) is 0 Å². The van der Waals surface area contributed by atoms with Crippen molar-refractivity contribution in [1.82, 2.24) is 19.8 Å². The van der Waals surface area contributed by atoms with Crippen molar-refractivity contribution in [1.29, 1.82) is 0 Å². The second kappa shape index (κ2) is 6.24. The Bertz CT molecular complexity index is 848. The Kier molecular flexibility index (Phi) is 3.88. The third kappa shape index (κ3) is 2.90. The van der Waals surface area contributed by atoms with Gasteiger partial charge in [0.05, 0.1) is 11.7 Å². The molecule has 1 N–H and O–H groups in total. The molecule has 0 bridgehead atoms. The van der Waals surface area contributed by atoms with Crippen LogP contribution in [0.25, 0.3) is 5.52 Å². The maximum absolute atomic E-state index is 4.53. The fourth-order valence-corrected chi connectivity index (χ4v) is 5.19. The topological polar surface area (TPSA) is 32.6 Å². The number of thiophene rings is 1. The molecule has 0 aromatic carbocycles. The van der Waals surface area contributed by atoms with Crippen LogP contribution in [0.5, 0.6) is 0 Å². The minimum Gasteiger partial charge on any atom is -0.317 e. The molecule has 2 aliphatic rings. The first-order chi connectivity index (χ1) is 12.3. The highest BCUT2D eigenvalue weighted by atomic mass is 32.1. The monoisotopic (exact) mass is 352 g/mol. The van der Waals surface area contributed by atoms with Crippen LogP contribution in [0.15, 0.2) is 47.4 Å². The zero-order valence-electron chi connectivity index (χ0n) is 14.4. The number of nitrogens with zero attached hydrogens (tertiary/aromatic N) is 3. The Balaban J connectivity index is 1.41. The Labute approximate surface area is 152 Å². The highest BCUT2D eigenvalue weighted by molar-refractivity contribution is 7.07. The van der Waals surface area contributed by atoms with Gasteiger partial charge in [0.25, 0.3) is 0 Å². The van der Waals surface area contributed by atoms with Crippen LogP contribution in [0, 0.1) is 5.41 Å². The van der Waals surface area contributed by atoms with Crippen LogP contribution in [0.4, 0.5) is 0 Å². The average Bonchev–Trinajstić information content (AvgIpc) is 3.03. The molecule has 1 aliphatic carbocycles. The van der Waals surface area contributed by atoms with Crippen LogP contribution in [-0.4, -0.2) is 33.6 Å². The first kappa shape index (κ1) is 15.6. The van der Waals surface area contributed by atoms with Gasteiger partial charge in [-0.05, 0) is 72.3 Å². The minimum absolute atomic E-state index is 0.560. The van der Waals surface area contributed by atoms with Gasteiger partial charge in [0.1, 0.15) is 0 Å². The van der Waals surface area contributed by atoms with Crippen LogP contribution < -0.4 is 5.32 Å². The van der Waals surface area contributed by atoms with Crippen molar-refractivity contribution in [3.8, 4) is 0 Å². The van der Waals surface area contributed by atoms with Crippen molar-refractivity contribution in [2.75, 3.05) is 13.1 Å². The molecule has 1 atom stereocenters. The normalized spacial score (nSPS) is 22.0. The van der Waals surface area contributed by atoms with E-state index in [9.17, 15) is 0 Å². The summed E-state index contributed by atoms with van der Waals surface area (Å²) in [5.41, 5.74) is 4.58. The molecule has 0 amide bonds. The summed E-state index contributed by atoms with van der Waals surface area (Å²) < 4.78 is 1.99. The maximum atomic E-state index is 4.53. The van der Waals surface area contributed by atoms with Crippen molar-refractivity contribution in [3.05, 3.63) is 58.5 Å². The van der Waals surface area contributed by atoms with Gasteiger partial charge in [-0.25, -0.2) is 4.52 Å². The maximum Gasteiger partial charge on any atom is 0.0706 e. The van der Waals surface area contributed by atoms with E-state index in [2.05, 4.69) is 44.3 Å². The van der Waals surface area contributed by atoms with Crippen molar-refractivity contribution in [2.45, 2.75) is 38.4 Å². The summed E-state index contributed by atoms with van der Waals surface area (Å²) in [6.07, 6.45) is 8.10. The first-order valence-electron chi connectivity index (χ1n) is 9.21. The highest BCUT2D eigenvalue weighted by Crippen LogP contribution is 2.56. The van der Waals surface area contributed by atoms with Crippen LogP contribution >= 0.6 is 11.3 Å². The summed E-state index contributed by atoms with van der Waals surface area (Å²) in [6, 6.07) is 9.31. The largest absolute Gasteiger partial charge is 0.317 e. The predicted octanol–water partition coefficient (Wildman–Crippen LogP) is 3.54. The summed E-state index contributed by atoms with van der Waals surface area (Å²) in [4.78, 5) is 2.71. The molecule has 1 aliphatic heterocycles. The molecule has 4 heterocycles. The number of piperidine rings is 1. The van der Waals surface area contributed by atoms with Crippen molar-refractivity contribution < 1.29 is 0 Å². The number of hydrogen-bond acceptors (Lipinski definition) is 4. The van der Waals surface area contributed by atoms with Gasteiger partial charge in [-0.3, -0.25) is 4.90 Å². The lowest BCUT2D eigenvalue weighted by Crippen LogP contribution is -2.35. The van der Waals surface area contributed by atoms with Gasteiger partial charge < -0.3 is 5.32 Å². The quantitative estimate of drug-likeness (QED) is 0.762. The van der Waals surface area contributed by atoms with E-state index in [1.807, 2.05) is 23.0 Å². The summed E-state index contributed by atoms with van der Waals surface area (Å²) in [5.74, 6) is 0. The van der Waals surface area contributed by atoms with E-state index < -0.39 is 0 Å². The third-order valence-corrected chi connectivity index (χ3v) is 6.76. The predicted molar refractivity (Wildman–Crippen MR) is 102 cm³/mol. The van der Waals surface area contributed by atoms with Crippen LogP contribution in [0.3, 0.4) is 0 Å². The molecule has 4 nitrogen and oxygen atoms in total. The standard InChI is InChI=1S/C20H24N4S/c1-2-9-24-18(3-1)17(12-22-24)14-23(13-16-4-10-25-15-16)19-11-20(19)5-7-21-8-6-20/h1-4,9-10,12,15,19,21H,5-8,11,13-14H2/t19-/m0/s1. The van der Waals surface area contributed by atoms with Crippen molar-refractivity contribution in [3.63, 3.8) is 0 Å². The molecule has 1 spiro atoms. The van der Waals surface area contributed by atoms with E-state index in [-0.39, 0.29) is 0 Å². The SMILES string of the molecule is c1ccn2ncc(CN(Cc3ccsc3)[C@H]3CC34CCNCC4)c2c1. The molecule has 1 saturated heterocycles. The highest BCUT2D eigenvalue weighted by Gasteiger charge is 2.56. The Hall–Kier alpha value is -1.69. The van der Waals surface area contributed by atoms with Gasteiger partial charge in [-0.2, -0.15) is 16.4 Å². The number of rotatable bonds is 5. The Morgan fingerprint density at radius 1 is 1.24 bits per heavy atom. The van der Waals surface area contributed by atoms with E-state index >= 15 is 0 Å². The second-order valence-corrected chi connectivity index (χ2v) is 8.35. The summed E-state index contributed by atoms with van der Waals surface area (Å²) in [7, 11) is 0. The fourth-order valence-electron chi connectivity index (χ4n) is 4.53. The van der Waals surface area contributed by atoms with E-state index in [1.54, 1.807) is 11.3 Å². The van der Waals surface area contributed by atoms with E-state index in [1.165, 1.54) is 49.0 Å². The molecule has 1 saturated carbocycles. The molecular formula is C20H24N4S. The molecule has 2 fully saturated rings. The van der Waals surface area contributed by atoms with Crippen LogP contribution in [-0.2, 0) is 13.1 Å². The number of aromatic nitrogens is 2. The molecule has 0 unspecified atom stereocenters. The molecule has 130 valence electrons. The van der Waals surface area contributed by atoms with Crippen molar-refractivity contribution in [2.24, 2.45) is 5.41 Å². The Morgan fingerprint density at radius 2 is 2.16 bits per heavy atom. The molecule has 5 heteroatoms. The van der Waals surface area contributed by atoms with Gasteiger partial charge >= 0.3 is 0 Å². The second-order valence-electron chi connectivity index (χ2n) is 7.57. The first-order valence-corrected chi connectivity index (χ1v) is 10.2. The summed E-state index contributed by atoms with van der Waals surface area (Å²) in [5, 5.41) is 12.5. The van der Waals surface area contributed by atoms with Gasteiger partial charge in [-0.15, -0.1) is 0 Å². The van der Waals surface area contributed by atoms with Crippen molar-refractivity contribution >= 4 is 16.9 Å². The van der Waals surface area contributed by atoms with E-state index in [0.717, 1.165) is 13.1 Å². The average molecular weight is 353 g/mol. The van der Waals surface area contributed by atoms with Gasteiger partial charge in [0.15, 0.2) is 0 Å². The lowest BCUT2D eigenvalue weighted by Gasteiger charge is -2.29. The molecule has 5 rings (SSSR count). The minimum atomic E-state index is 0.560. The molecule has 25 heavy (non-hydrogen) atoms. The lowest BCUT2D eigenvalue weighted by molar-refractivity contribution is 0.189. The molecular weight excluding hydrogens is 328 g/mol. The third-order valence-electron chi connectivity index (χ3n) is 6.03. The van der Waals surface area contributed by atoms with E-state index in [0.29, 0.717) is 11.5 Å². The van der Waals surface area contributed by atoms with Gasteiger partial charge in [0.2, 0.25) is 0 Å². The zero-order valence-corrected chi connectivity index (χ0v) is 15.2. The van der Waals surface area contributed by atoms with Crippen LogP contribution in [0.1, 0.15) is 30.4 Å². The number of hydrogen-bond donors (Lipinski definition) is 1. The van der Waals surface area contributed by atoms with Gasteiger partial charge in [-0.1, -0.05) is 6.07 Å².